The first-order chi connectivity index (χ1) is 13.1. The first kappa shape index (κ1) is 18.0. The Kier molecular flexibility index (Phi) is 5.33. The number of nitrogens with zero attached hydrogens (tertiary/aromatic N) is 2. The summed E-state index contributed by atoms with van der Waals surface area (Å²) in [5.41, 5.74) is 2.18. The van der Waals surface area contributed by atoms with E-state index in [2.05, 4.69) is 5.32 Å². The molecule has 6 heteroatoms. The van der Waals surface area contributed by atoms with Crippen molar-refractivity contribution in [3.8, 4) is 11.8 Å². The van der Waals surface area contributed by atoms with Gasteiger partial charge in [0, 0.05) is 23.8 Å². The van der Waals surface area contributed by atoms with Crippen LogP contribution in [-0.2, 0) is 9.53 Å². The topological polar surface area (TPSA) is 84.1 Å². The molecule has 2 aromatic carbocycles. The molecule has 0 bridgehead atoms. The molecule has 1 heterocycles. The summed E-state index contributed by atoms with van der Waals surface area (Å²) < 4.78 is 7.15. The van der Waals surface area contributed by atoms with Crippen LogP contribution >= 0.6 is 0 Å². The van der Waals surface area contributed by atoms with Crippen LogP contribution in [0.2, 0.25) is 0 Å². The molecule has 1 unspecified atom stereocenters. The van der Waals surface area contributed by atoms with Gasteiger partial charge in [-0.05, 0) is 61.5 Å². The second-order valence-electron chi connectivity index (χ2n) is 5.87. The van der Waals surface area contributed by atoms with Crippen molar-refractivity contribution in [2.24, 2.45) is 0 Å². The molecule has 27 heavy (non-hydrogen) atoms. The quantitative estimate of drug-likeness (QED) is 0.706. The molecule has 0 aliphatic heterocycles. The fourth-order valence-corrected chi connectivity index (χ4v) is 2.47. The zero-order valence-corrected chi connectivity index (χ0v) is 14.6. The lowest BCUT2D eigenvalue weighted by molar-refractivity contribution is -0.123. The van der Waals surface area contributed by atoms with E-state index in [-0.39, 0.29) is 0 Å². The number of esters is 1. The molecule has 1 atom stereocenters. The van der Waals surface area contributed by atoms with Gasteiger partial charge in [-0.25, -0.2) is 4.79 Å². The Labute approximate surface area is 156 Å². The molecule has 0 aliphatic carbocycles. The third kappa shape index (κ3) is 4.41. The molecule has 1 amide bonds. The maximum atomic E-state index is 12.3. The number of nitrogens with one attached hydrogen (secondary N) is 1. The van der Waals surface area contributed by atoms with Gasteiger partial charge in [0.1, 0.15) is 0 Å². The highest BCUT2D eigenvalue weighted by Gasteiger charge is 2.19. The van der Waals surface area contributed by atoms with Crippen LogP contribution < -0.4 is 5.32 Å². The number of rotatable bonds is 5. The number of ether oxygens (including phenoxy) is 1. The summed E-state index contributed by atoms with van der Waals surface area (Å²) in [6.45, 7) is 1.50. The predicted molar refractivity (Wildman–Crippen MR) is 100 cm³/mol. The van der Waals surface area contributed by atoms with Crippen molar-refractivity contribution >= 4 is 17.6 Å². The van der Waals surface area contributed by atoms with Crippen LogP contribution in [0, 0.1) is 11.3 Å². The van der Waals surface area contributed by atoms with E-state index in [1.165, 1.54) is 6.92 Å². The lowest BCUT2D eigenvalue weighted by atomic mass is 10.2. The molecule has 1 N–H and O–H groups in total. The number of amides is 1. The summed E-state index contributed by atoms with van der Waals surface area (Å²) in [7, 11) is 0. The SMILES string of the molecule is CC(OC(=O)c1ccc(-n2cccc2)cc1)C(=O)Nc1cccc(C#N)c1. The molecular weight excluding hydrogens is 342 g/mol. The number of anilines is 1. The highest BCUT2D eigenvalue weighted by Crippen LogP contribution is 2.13. The molecule has 134 valence electrons. The van der Waals surface area contributed by atoms with Crippen molar-refractivity contribution in [2.75, 3.05) is 5.32 Å². The fraction of sp³-hybridized carbons (Fsp3) is 0.0952. The van der Waals surface area contributed by atoms with Gasteiger partial charge in [0.15, 0.2) is 6.10 Å². The molecule has 0 aliphatic rings. The summed E-state index contributed by atoms with van der Waals surface area (Å²) in [6.07, 6.45) is 2.83. The van der Waals surface area contributed by atoms with Gasteiger partial charge < -0.3 is 14.6 Å². The standard InChI is InChI=1S/C21H17N3O3/c1-15(20(25)23-18-6-4-5-16(13-18)14-22)27-21(26)17-7-9-19(10-8-17)24-11-2-3-12-24/h2-13,15H,1H3,(H,23,25). The van der Waals surface area contributed by atoms with Gasteiger partial charge in [-0.2, -0.15) is 5.26 Å². The summed E-state index contributed by atoms with van der Waals surface area (Å²) >= 11 is 0. The van der Waals surface area contributed by atoms with Gasteiger partial charge in [-0.15, -0.1) is 0 Å². The van der Waals surface area contributed by atoms with Crippen molar-refractivity contribution < 1.29 is 14.3 Å². The summed E-state index contributed by atoms with van der Waals surface area (Å²) in [6, 6.07) is 19.2. The smallest absolute Gasteiger partial charge is 0.338 e. The Morgan fingerprint density at radius 2 is 1.78 bits per heavy atom. The lowest BCUT2D eigenvalue weighted by Gasteiger charge is -2.14. The first-order valence-corrected chi connectivity index (χ1v) is 8.32. The zero-order valence-electron chi connectivity index (χ0n) is 14.6. The second-order valence-corrected chi connectivity index (χ2v) is 5.87. The normalized spacial score (nSPS) is 11.3. The number of nitriles is 1. The number of aromatic nitrogens is 1. The van der Waals surface area contributed by atoms with Crippen molar-refractivity contribution in [2.45, 2.75) is 13.0 Å². The molecule has 6 nitrogen and oxygen atoms in total. The van der Waals surface area contributed by atoms with E-state index in [0.717, 1.165) is 5.69 Å². The highest BCUT2D eigenvalue weighted by molar-refractivity contribution is 5.97. The maximum Gasteiger partial charge on any atom is 0.338 e. The lowest BCUT2D eigenvalue weighted by Crippen LogP contribution is -2.30. The van der Waals surface area contributed by atoms with Gasteiger partial charge in [-0.3, -0.25) is 4.79 Å². The van der Waals surface area contributed by atoms with Crippen molar-refractivity contribution in [1.29, 1.82) is 5.26 Å². The minimum atomic E-state index is -0.979. The first-order valence-electron chi connectivity index (χ1n) is 8.32. The van der Waals surface area contributed by atoms with Crippen LogP contribution in [0.15, 0.2) is 73.1 Å². The maximum absolute atomic E-state index is 12.3. The molecular formula is C21H17N3O3. The number of hydrogen-bond donors (Lipinski definition) is 1. The molecule has 3 rings (SSSR count). The number of hydrogen-bond acceptors (Lipinski definition) is 4. The van der Waals surface area contributed by atoms with Gasteiger partial charge in [0.25, 0.3) is 5.91 Å². The number of carbonyl (C=O) groups is 2. The third-order valence-electron chi connectivity index (χ3n) is 3.92. The van der Waals surface area contributed by atoms with E-state index in [1.807, 2.05) is 35.2 Å². The average Bonchev–Trinajstić information content (AvgIpc) is 3.23. The van der Waals surface area contributed by atoms with E-state index >= 15 is 0 Å². The highest BCUT2D eigenvalue weighted by atomic mass is 16.5. The van der Waals surface area contributed by atoms with Crippen LogP contribution in [0.25, 0.3) is 5.69 Å². The van der Waals surface area contributed by atoms with E-state index in [0.29, 0.717) is 16.8 Å². The van der Waals surface area contributed by atoms with Crippen LogP contribution in [0.3, 0.4) is 0 Å². The Balaban J connectivity index is 1.61. The Morgan fingerprint density at radius 1 is 1.07 bits per heavy atom. The van der Waals surface area contributed by atoms with Crippen molar-refractivity contribution in [3.05, 3.63) is 84.2 Å². The van der Waals surface area contributed by atoms with Crippen LogP contribution in [-0.4, -0.2) is 22.5 Å². The average molecular weight is 359 g/mol. The summed E-state index contributed by atoms with van der Waals surface area (Å²) in [4.78, 5) is 24.5. The Morgan fingerprint density at radius 3 is 2.44 bits per heavy atom. The van der Waals surface area contributed by atoms with E-state index < -0.39 is 18.0 Å². The summed E-state index contributed by atoms with van der Waals surface area (Å²) in [5, 5.41) is 11.5. The molecule has 0 saturated heterocycles. The van der Waals surface area contributed by atoms with Crippen molar-refractivity contribution in [3.63, 3.8) is 0 Å². The van der Waals surface area contributed by atoms with Gasteiger partial charge in [0.2, 0.25) is 0 Å². The van der Waals surface area contributed by atoms with Gasteiger partial charge >= 0.3 is 5.97 Å². The summed E-state index contributed by atoms with van der Waals surface area (Å²) in [5.74, 6) is -1.05. The van der Waals surface area contributed by atoms with E-state index in [4.69, 9.17) is 10.00 Å². The zero-order chi connectivity index (χ0) is 19.2. The number of carbonyl (C=O) groups excluding carboxylic acids is 2. The fourth-order valence-electron chi connectivity index (χ4n) is 2.47. The molecule has 0 radical (unpaired) electrons. The van der Waals surface area contributed by atoms with Crippen molar-refractivity contribution in [1.82, 2.24) is 4.57 Å². The number of benzene rings is 2. The predicted octanol–water partition coefficient (Wildman–Crippen LogP) is 3.53. The molecule has 1 aromatic heterocycles. The molecule has 3 aromatic rings. The minimum absolute atomic E-state index is 0.358. The monoisotopic (exact) mass is 359 g/mol. The Hall–Kier alpha value is -3.85. The second kappa shape index (κ2) is 8.02. The largest absolute Gasteiger partial charge is 0.449 e. The van der Waals surface area contributed by atoms with Crippen LogP contribution in [0.1, 0.15) is 22.8 Å². The van der Waals surface area contributed by atoms with E-state index in [9.17, 15) is 9.59 Å². The third-order valence-corrected chi connectivity index (χ3v) is 3.92. The minimum Gasteiger partial charge on any atom is -0.449 e. The molecule has 0 fully saturated rings. The van der Waals surface area contributed by atoms with Crippen LogP contribution in [0.4, 0.5) is 5.69 Å². The molecule has 0 saturated carbocycles. The van der Waals surface area contributed by atoms with Gasteiger partial charge in [0.05, 0.1) is 17.2 Å². The Bertz CT molecular complexity index is 986. The van der Waals surface area contributed by atoms with Gasteiger partial charge in [-0.1, -0.05) is 6.07 Å². The molecule has 0 spiro atoms. The van der Waals surface area contributed by atoms with E-state index in [1.54, 1.807) is 48.5 Å². The van der Waals surface area contributed by atoms with Crippen LogP contribution in [0.5, 0.6) is 0 Å².